The molecule has 0 radical (unpaired) electrons. The Kier molecular flexibility index (Phi) is 4.82. The lowest BCUT2D eigenvalue weighted by Crippen LogP contribution is -2.00. The molecule has 2 aromatic carbocycles. The van der Waals surface area contributed by atoms with Crippen LogP contribution in [0, 0.1) is 6.92 Å². The molecule has 4 nitrogen and oxygen atoms in total. The van der Waals surface area contributed by atoms with Gasteiger partial charge in [-0.05, 0) is 37.6 Å². The molecule has 0 aliphatic heterocycles. The average Bonchev–Trinajstić information content (AvgIpc) is 2.53. The smallest absolute Gasteiger partial charge is 0.161 e. The van der Waals surface area contributed by atoms with E-state index in [9.17, 15) is 0 Å². The van der Waals surface area contributed by atoms with Gasteiger partial charge in [-0.1, -0.05) is 35.0 Å². The fraction of sp³-hybridized carbons (Fsp3) is 0.235. The van der Waals surface area contributed by atoms with Crippen LogP contribution >= 0.6 is 0 Å². The van der Waals surface area contributed by atoms with Crippen LogP contribution in [0.3, 0.4) is 0 Å². The highest BCUT2D eigenvalue weighted by Crippen LogP contribution is 2.29. The zero-order valence-electron chi connectivity index (χ0n) is 12.5. The number of oxime groups is 1. The fourth-order valence-corrected chi connectivity index (χ4v) is 1.92. The van der Waals surface area contributed by atoms with Crippen molar-refractivity contribution in [3.05, 3.63) is 59.2 Å². The third-order valence-corrected chi connectivity index (χ3v) is 3.25. The molecule has 110 valence electrons. The number of rotatable bonds is 5. The molecule has 0 heterocycles. The molecule has 1 N–H and O–H groups in total. The second-order valence-corrected chi connectivity index (χ2v) is 4.83. The van der Waals surface area contributed by atoms with E-state index in [1.54, 1.807) is 20.1 Å². The largest absolute Gasteiger partial charge is 0.493 e. The average molecular weight is 285 g/mol. The van der Waals surface area contributed by atoms with Gasteiger partial charge in [0, 0.05) is 5.56 Å². The quantitative estimate of drug-likeness (QED) is 0.516. The van der Waals surface area contributed by atoms with E-state index < -0.39 is 0 Å². The Balaban J connectivity index is 2.14. The summed E-state index contributed by atoms with van der Waals surface area (Å²) in [4.78, 5) is 0. The van der Waals surface area contributed by atoms with Crippen molar-refractivity contribution in [2.24, 2.45) is 5.16 Å². The Labute approximate surface area is 124 Å². The van der Waals surface area contributed by atoms with Crippen molar-refractivity contribution < 1.29 is 14.7 Å². The number of hydrogen-bond donors (Lipinski definition) is 1. The number of benzene rings is 2. The van der Waals surface area contributed by atoms with Crippen LogP contribution in [0.5, 0.6) is 11.5 Å². The van der Waals surface area contributed by atoms with E-state index in [0.717, 1.165) is 11.1 Å². The molecule has 0 saturated carbocycles. The van der Waals surface area contributed by atoms with Crippen molar-refractivity contribution in [1.82, 2.24) is 0 Å². The lowest BCUT2D eigenvalue weighted by Gasteiger charge is -2.12. The predicted octanol–water partition coefficient (Wildman–Crippen LogP) is 3.78. The van der Waals surface area contributed by atoms with Gasteiger partial charge in [0.15, 0.2) is 11.5 Å². The highest BCUT2D eigenvalue weighted by atomic mass is 16.5. The first-order chi connectivity index (χ1) is 10.1. The van der Waals surface area contributed by atoms with Crippen LogP contribution < -0.4 is 9.47 Å². The van der Waals surface area contributed by atoms with Gasteiger partial charge >= 0.3 is 0 Å². The zero-order chi connectivity index (χ0) is 15.2. The third kappa shape index (κ3) is 3.75. The minimum absolute atomic E-state index is 0.475. The molecule has 0 atom stereocenters. The molecule has 2 rings (SSSR count). The SMILES string of the molecule is COc1cc(/C(C)=N/O)ccc1OCc1ccc(C)cc1. The van der Waals surface area contributed by atoms with Gasteiger partial charge in [-0.2, -0.15) is 0 Å². The molecular weight excluding hydrogens is 266 g/mol. The lowest BCUT2D eigenvalue weighted by atomic mass is 10.1. The minimum Gasteiger partial charge on any atom is -0.493 e. The normalized spacial score (nSPS) is 11.3. The topological polar surface area (TPSA) is 51.0 Å². The van der Waals surface area contributed by atoms with Gasteiger partial charge < -0.3 is 14.7 Å². The molecule has 4 heteroatoms. The van der Waals surface area contributed by atoms with Gasteiger partial charge in [0.2, 0.25) is 0 Å². The second-order valence-electron chi connectivity index (χ2n) is 4.83. The van der Waals surface area contributed by atoms with Crippen LogP contribution in [-0.4, -0.2) is 18.0 Å². The first-order valence-corrected chi connectivity index (χ1v) is 6.69. The van der Waals surface area contributed by atoms with E-state index in [4.69, 9.17) is 14.7 Å². The Hall–Kier alpha value is -2.49. The van der Waals surface area contributed by atoms with Crippen molar-refractivity contribution in [1.29, 1.82) is 0 Å². The number of hydrogen-bond acceptors (Lipinski definition) is 4. The summed E-state index contributed by atoms with van der Waals surface area (Å²) in [6, 6.07) is 13.6. The maximum absolute atomic E-state index is 8.81. The minimum atomic E-state index is 0.475. The van der Waals surface area contributed by atoms with Crippen LogP contribution in [-0.2, 0) is 6.61 Å². The Morgan fingerprint density at radius 1 is 1.10 bits per heavy atom. The van der Waals surface area contributed by atoms with Gasteiger partial charge in [-0.3, -0.25) is 0 Å². The van der Waals surface area contributed by atoms with E-state index in [1.165, 1.54) is 5.56 Å². The summed E-state index contributed by atoms with van der Waals surface area (Å²) in [6.45, 7) is 4.25. The molecule has 0 saturated heterocycles. The van der Waals surface area contributed by atoms with Crippen LogP contribution in [0.2, 0.25) is 0 Å². The molecule has 0 aliphatic carbocycles. The molecule has 2 aromatic rings. The molecule has 0 aliphatic rings. The molecular formula is C17H19NO3. The Morgan fingerprint density at radius 2 is 1.81 bits per heavy atom. The summed E-state index contributed by atoms with van der Waals surface area (Å²) in [5.74, 6) is 1.27. The number of ether oxygens (including phenoxy) is 2. The van der Waals surface area contributed by atoms with Crippen LogP contribution in [0.4, 0.5) is 0 Å². The summed E-state index contributed by atoms with van der Waals surface area (Å²) >= 11 is 0. The van der Waals surface area contributed by atoms with Crippen molar-refractivity contribution in [2.45, 2.75) is 20.5 Å². The van der Waals surface area contributed by atoms with E-state index in [1.807, 2.05) is 24.3 Å². The maximum atomic E-state index is 8.81. The standard InChI is InChI=1S/C17H19NO3/c1-12-4-6-14(7-5-12)11-21-16-9-8-15(13(2)18-19)10-17(16)20-3/h4-10,19H,11H2,1-3H3/b18-13+. The summed E-state index contributed by atoms with van der Waals surface area (Å²) < 4.78 is 11.1. The first kappa shape index (κ1) is 14.9. The number of aryl methyl sites for hydroxylation is 1. The second kappa shape index (κ2) is 6.79. The Bertz CT molecular complexity index is 633. The molecule has 0 bridgehead atoms. The van der Waals surface area contributed by atoms with Crippen molar-refractivity contribution >= 4 is 5.71 Å². The van der Waals surface area contributed by atoms with Crippen molar-refractivity contribution in [3.8, 4) is 11.5 Å². The molecule has 0 unspecified atom stereocenters. The number of nitrogens with zero attached hydrogens (tertiary/aromatic N) is 1. The van der Waals surface area contributed by atoms with Crippen LogP contribution in [0.25, 0.3) is 0 Å². The van der Waals surface area contributed by atoms with E-state index in [2.05, 4.69) is 24.2 Å². The van der Waals surface area contributed by atoms with Gasteiger partial charge in [0.1, 0.15) is 6.61 Å². The van der Waals surface area contributed by atoms with Crippen LogP contribution in [0.1, 0.15) is 23.6 Å². The summed E-state index contributed by atoms with van der Waals surface area (Å²) in [6.07, 6.45) is 0. The highest BCUT2D eigenvalue weighted by molar-refractivity contribution is 5.98. The third-order valence-electron chi connectivity index (χ3n) is 3.25. The maximum Gasteiger partial charge on any atom is 0.161 e. The lowest BCUT2D eigenvalue weighted by molar-refractivity contribution is 0.284. The van der Waals surface area contributed by atoms with Gasteiger partial charge in [-0.25, -0.2) is 0 Å². The number of methoxy groups -OCH3 is 1. The van der Waals surface area contributed by atoms with E-state index in [0.29, 0.717) is 23.8 Å². The van der Waals surface area contributed by atoms with Crippen molar-refractivity contribution in [3.63, 3.8) is 0 Å². The van der Waals surface area contributed by atoms with Crippen molar-refractivity contribution in [2.75, 3.05) is 7.11 Å². The highest BCUT2D eigenvalue weighted by Gasteiger charge is 2.08. The molecule has 0 spiro atoms. The summed E-state index contributed by atoms with van der Waals surface area (Å²) in [5, 5.41) is 12.0. The molecule has 0 aromatic heterocycles. The van der Waals surface area contributed by atoms with Crippen LogP contribution in [0.15, 0.2) is 47.6 Å². The molecule has 21 heavy (non-hydrogen) atoms. The zero-order valence-corrected chi connectivity index (χ0v) is 12.5. The Morgan fingerprint density at radius 3 is 2.43 bits per heavy atom. The summed E-state index contributed by atoms with van der Waals surface area (Å²) in [5.41, 5.74) is 3.63. The predicted molar refractivity (Wildman–Crippen MR) is 82.5 cm³/mol. The first-order valence-electron chi connectivity index (χ1n) is 6.69. The van der Waals surface area contributed by atoms with Gasteiger partial charge in [0.05, 0.1) is 12.8 Å². The van der Waals surface area contributed by atoms with E-state index in [-0.39, 0.29) is 0 Å². The van der Waals surface area contributed by atoms with Gasteiger partial charge in [-0.15, -0.1) is 0 Å². The van der Waals surface area contributed by atoms with Gasteiger partial charge in [0.25, 0.3) is 0 Å². The van der Waals surface area contributed by atoms with E-state index >= 15 is 0 Å². The summed E-state index contributed by atoms with van der Waals surface area (Å²) in [7, 11) is 1.59. The fourth-order valence-electron chi connectivity index (χ4n) is 1.92. The molecule has 0 fully saturated rings. The molecule has 0 amide bonds. The monoisotopic (exact) mass is 285 g/mol.